The van der Waals surface area contributed by atoms with Crippen LogP contribution >= 0.6 is 11.6 Å². The molecule has 0 radical (unpaired) electrons. The molecule has 150 valence electrons. The van der Waals surface area contributed by atoms with Crippen molar-refractivity contribution in [1.82, 2.24) is 15.0 Å². The Morgan fingerprint density at radius 3 is 2.75 bits per heavy atom. The number of pyridine rings is 1. The molecule has 1 saturated heterocycles. The molecule has 28 heavy (non-hydrogen) atoms. The minimum absolute atomic E-state index is 0.493. The number of ether oxygens (including phenoxy) is 1. The van der Waals surface area contributed by atoms with Gasteiger partial charge in [-0.15, -0.1) is 0 Å². The maximum absolute atomic E-state index is 6.43. The number of hydrogen-bond donors (Lipinski definition) is 2. The van der Waals surface area contributed by atoms with Gasteiger partial charge in [-0.2, -0.15) is 0 Å². The first-order chi connectivity index (χ1) is 13.8. The summed E-state index contributed by atoms with van der Waals surface area (Å²) in [6, 6.07) is 2.48. The van der Waals surface area contributed by atoms with E-state index >= 15 is 0 Å². The van der Waals surface area contributed by atoms with Crippen molar-refractivity contribution in [3.63, 3.8) is 0 Å². The number of anilines is 2. The van der Waals surface area contributed by atoms with Crippen LogP contribution in [0.4, 0.5) is 11.6 Å². The van der Waals surface area contributed by atoms with Gasteiger partial charge in [-0.25, -0.2) is 9.97 Å². The second-order valence-electron chi connectivity index (χ2n) is 7.78. The van der Waals surface area contributed by atoms with Gasteiger partial charge in [0.2, 0.25) is 0 Å². The number of nitrogens with one attached hydrogen (secondary N) is 2. The fraction of sp³-hybridized carbons (Fsp3) is 0.571. The van der Waals surface area contributed by atoms with Crippen LogP contribution in [0.5, 0.6) is 0 Å². The Kier molecular flexibility index (Phi) is 6.60. The summed E-state index contributed by atoms with van der Waals surface area (Å²) >= 11 is 6.43. The van der Waals surface area contributed by atoms with E-state index in [1.54, 1.807) is 18.6 Å². The second kappa shape index (κ2) is 9.52. The summed E-state index contributed by atoms with van der Waals surface area (Å²) < 4.78 is 5.55. The molecule has 0 amide bonds. The average molecular weight is 402 g/mol. The SMILES string of the molecule is Clc1cnc(NC2CCCCC2)cc1-c1cncc(NCC2CCCOC2)n1. The summed E-state index contributed by atoms with van der Waals surface area (Å²) in [6.45, 7) is 2.53. The topological polar surface area (TPSA) is 72.0 Å². The third-order valence-corrected chi connectivity index (χ3v) is 5.85. The summed E-state index contributed by atoms with van der Waals surface area (Å²) in [4.78, 5) is 13.5. The van der Waals surface area contributed by atoms with Gasteiger partial charge < -0.3 is 15.4 Å². The zero-order valence-corrected chi connectivity index (χ0v) is 16.9. The highest BCUT2D eigenvalue weighted by Gasteiger charge is 2.16. The molecule has 3 heterocycles. The Morgan fingerprint density at radius 1 is 1.04 bits per heavy atom. The van der Waals surface area contributed by atoms with E-state index in [0.717, 1.165) is 49.1 Å². The fourth-order valence-electron chi connectivity index (χ4n) is 3.97. The van der Waals surface area contributed by atoms with Crippen molar-refractivity contribution < 1.29 is 4.74 Å². The zero-order chi connectivity index (χ0) is 19.2. The maximum atomic E-state index is 6.43. The van der Waals surface area contributed by atoms with Gasteiger partial charge >= 0.3 is 0 Å². The van der Waals surface area contributed by atoms with Gasteiger partial charge in [0.1, 0.15) is 11.6 Å². The summed E-state index contributed by atoms with van der Waals surface area (Å²) in [7, 11) is 0. The van der Waals surface area contributed by atoms with Gasteiger partial charge in [0.15, 0.2) is 0 Å². The van der Waals surface area contributed by atoms with E-state index in [4.69, 9.17) is 21.3 Å². The molecule has 1 aliphatic heterocycles. The van der Waals surface area contributed by atoms with E-state index < -0.39 is 0 Å². The van der Waals surface area contributed by atoms with E-state index in [1.165, 1.54) is 38.5 Å². The largest absolute Gasteiger partial charge is 0.381 e. The monoisotopic (exact) mass is 401 g/mol. The lowest BCUT2D eigenvalue weighted by atomic mass is 9.95. The smallest absolute Gasteiger partial charge is 0.145 e. The molecule has 1 unspecified atom stereocenters. The predicted octanol–water partition coefficient (Wildman–Crippen LogP) is 4.78. The summed E-state index contributed by atoms with van der Waals surface area (Å²) in [5, 5.41) is 7.53. The first-order valence-electron chi connectivity index (χ1n) is 10.3. The van der Waals surface area contributed by atoms with Gasteiger partial charge in [0.25, 0.3) is 0 Å². The lowest BCUT2D eigenvalue weighted by molar-refractivity contribution is 0.0595. The van der Waals surface area contributed by atoms with Gasteiger partial charge in [-0.05, 0) is 37.7 Å². The van der Waals surface area contributed by atoms with E-state index in [9.17, 15) is 0 Å². The molecule has 4 rings (SSSR count). The third kappa shape index (κ3) is 5.11. The predicted molar refractivity (Wildman–Crippen MR) is 113 cm³/mol. The summed E-state index contributed by atoms with van der Waals surface area (Å²) in [5.74, 6) is 2.14. The highest BCUT2D eigenvalue weighted by molar-refractivity contribution is 6.33. The van der Waals surface area contributed by atoms with Gasteiger partial charge in [-0.1, -0.05) is 30.9 Å². The van der Waals surface area contributed by atoms with Crippen LogP contribution in [0.15, 0.2) is 24.7 Å². The van der Waals surface area contributed by atoms with E-state index in [0.29, 0.717) is 17.0 Å². The average Bonchev–Trinajstić information content (AvgIpc) is 2.75. The van der Waals surface area contributed by atoms with Crippen molar-refractivity contribution in [3.05, 3.63) is 29.7 Å². The Bertz CT molecular complexity index is 775. The van der Waals surface area contributed by atoms with Crippen LogP contribution in [-0.4, -0.2) is 40.8 Å². The van der Waals surface area contributed by atoms with Crippen LogP contribution < -0.4 is 10.6 Å². The number of halogens is 1. The molecule has 2 aromatic rings. The van der Waals surface area contributed by atoms with Crippen molar-refractivity contribution in [2.45, 2.75) is 51.0 Å². The first kappa shape index (κ1) is 19.4. The van der Waals surface area contributed by atoms with Gasteiger partial charge in [-0.3, -0.25) is 4.98 Å². The Balaban J connectivity index is 1.45. The number of hydrogen-bond acceptors (Lipinski definition) is 6. The van der Waals surface area contributed by atoms with E-state index in [-0.39, 0.29) is 0 Å². The van der Waals surface area contributed by atoms with Crippen LogP contribution in [-0.2, 0) is 4.74 Å². The Morgan fingerprint density at radius 2 is 1.93 bits per heavy atom. The quantitative estimate of drug-likeness (QED) is 0.726. The number of aromatic nitrogens is 3. The second-order valence-corrected chi connectivity index (χ2v) is 8.19. The number of nitrogens with zero attached hydrogens (tertiary/aromatic N) is 3. The van der Waals surface area contributed by atoms with Crippen molar-refractivity contribution >= 4 is 23.2 Å². The molecule has 7 heteroatoms. The van der Waals surface area contributed by atoms with E-state index in [2.05, 4.69) is 20.6 Å². The maximum Gasteiger partial charge on any atom is 0.145 e. The Labute approximate surface area is 171 Å². The van der Waals surface area contributed by atoms with Crippen molar-refractivity contribution in [3.8, 4) is 11.3 Å². The van der Waals surface area contributed by atoms with Crippen LogP contribution in [0.3, 0.4) is 0 Å². The van der Waals surface area contributed by atoms with Crippen molar-refractivity contribution in [2.75, 3.05) is 30.4 Å². The molecule has 0 aromatic carbocycles. The van der Waals surface area contributed by atoms with Gasteiger partial charge in [0, 0.05) is 31.0 Å². The normalized spacial score (nSPS) is 20.7. The summed E-state index contributed by atoms with van der Waals surface area (Å²) in [5.41, 5.74) is 1.61. The molecule has 2 fully saturated rings. The van der Waals surface area contributed by atoms with Crippen LogP contribution in [0.25, 0.3) is 11.3 Å². The molecule has 2 aliphatic rings. The van der Waals surface area contributed by atoms with Crippen molar-refractivity contribution in [2.24, 2.45) is 5.92 Å². The summed E-state index contributed by atoms with van der Waals surface area (Å²) in [6.07, 6.45) is 13.8. The zero-order valence-electron chi connectivity index (χ0n) is 16.2. The fourth-order valence-corrected chi connectivity index (χ4v) is 4.17. The van der Waals surface area contributed by atoms with Crippen LogP contribution in [0, 0.1) is 5.92 Å². The third-order valence-electron chi connectivity index (χ3n) is 5.55. The minimum atomic E-state index is 0.493. The lowest BCUT2D eigenvalue weighted by Crippen LogP contribution is -2.24. The number of rotatable bonds is 6. The molecular weight excluding hydrogens is 374 g/mol. The molecule has 0 spiro atoms. The molecule has 1 saturated carbocycles. The molecule has 2 N–H and O–H groups in total. The molecular formula is C21H28ClN5O. The van der Waals surface area contributed by atoms with Crippen LogP contribution in [0.1, 0.15) is 44.9 Å². The highest BCUT2D eigenvalue weighted by Crippen LogP contribution is 2.29. The molecule has 1 aliphatic carbocycles. The highest BCUT2D eigenvalue weighted by atomic mass is 35.5. The molecule has 2 aromatic heterocycles. The van der Waals surface area contributed by atoms with Gasteiger partial charge in [0.05, 0.1) is 29.7 Å². The van der Waals surface area contributed by atoms with Crippen LogP contribution in [0.2, 0.25) is 5.02 Å². The first-order valence-corrected chi connectivity index (χ1v) is 10.7. The molecule has 0 bridgehead atoms. The Hall–Kier alpha value is -1.92. The standard InChI is InChI=1S/C21H28ClN5O/c22-18-11-25-20(26-16-6-2-1-3-7-16)9-17(18)19-12-23-13-21(27-19)24-10-15-5-4-8-28-14-15/h9,11-13,15-16H,1-8,10,14H2,(H,24,27)(H,25,26). The molecule has 6 nitrogen and oxygen atoms in total. The lowest BCUT2D eigenvalue weighted by Gasteiger charge is -2.23. The van der Waals surface area contributed by atoms with Crippen molar-refractivity contribution in [1.29, 1.82) is 0 Å². The van der Waals surface area contributed by atoms with E-state index in [1.807, 2.05) is 6.07 Å². The molecule has 1 atom stereocenters. The minimum Gasteiger partial charge on any atom is -0.381 e.